The number of fused-ring (bicyclic) bond motifs is 1. The van der Waals surface area contributed by atoms with Crippen LogP contribution in [-0.4, -0.2) is 51.9 Å². The molecule has 2 heterocycles. The van der Waals surface area contributed by atoms with Gasteiger partial charge >= 0.3 is 5.97 Å². The van der Waals surface area contributed by atoms with Gasteiger partial charge in [-0.15, -0.1) is 0 Å². The molecular formula is C26H35N5O4. The van der Waals surface area contributed by atoms with Crippen molar-refractivity contribution in [2.24, 2.45) is 11.8 Å². The van der Waals surface area contributed by atoms with Gasteiger partial charge in [0.05, 0.1) is 30.5 Å². The molecule has 3 fully saturated rings. The minimum atomic E-state index is -0.592. The zero-order valence-corrected chi connectivity index (χ0v) is 20.3. The third-order valence-corrected chi connectivity index (χ3v) is 7.94. The first kappa shape index (κ1) is 23.8. The highest BCUT2D eigenvalue weighted by Gasteiger charge is 2.35. The Balaban J connectivity index is 1.29. The lowest BCUT2D eigenvalue weighted by Gasteiger charge is -2.33. The van der Waals surface area contributed by atoms with Crippen LogP contribution < -0.4 is 10.6 Å². The predicted octanol–water partition coefficient (Wildman–Crippen LogP) is 3.36. The highest BCUT2D eigenvalue weighted by Crippen LogP contribution is 2.39. The second kappa shape index (κ2) is 10.3. The fourth-order valence-electron chi connectivity index (χ4n) is 5.67. The molecule has 9 nitrogen and oxygen atoms in total. The smallest absolute Gasteiger partial charge is 0.308 e. The molecule has 1 atom stereocenters. The molecule has 188 valence electrons. The van der Waals surface area contributed by atoms with Gasteiger partial charge in [-0.25, -0.2) is 9.97 Å². The van der Waals surface area contributed by atoms with E-state index < -0.39 is 6.04 Å². The van der Waals surface area contributed by atoms with Crippen molar-refractivity contribution in [2.75, 3.05) is 7.11 Å². The third-order valence-electron chi connectivity index (χ3n) is 7.94. The van der Waals surface area contributed by atoms with Crippen LogP contribution in [0.1, 0.15) is 92.6 Å². The van der Waals surface area contributed by atoms with Crippen molar-refractivity contribution in [1.29, 1.82) is 0 Å². The number of carbonyl (C=O) groups is 3. The Labute approximate surface area is 205 Å². The summed E-state index contributed by atoms with van der Waals surface area (Å²) in [4.78, 5) is 50.9. The molecule has 0 aliphatic heterocycles. The fourth-order valence-corrected chi connectivity index (χ4v) is 5.67. The van der Waals surface area contributed by atoms with Crippen LogP contribution in [0.3, 0.4) is 0 Å². The minimum absolute atomic E-state index is 0.00598. The Hall–Kier alpha value is -2.97. The van der Waals surface area contributed by atoms with E-state index in [1.807, 2.05) is 0 Å². The number of carbonyl (C=O) groups excluding carboxylic acids is 3. The second-order valence-corrected chi connectivity index (χ2v) is 10.4. The molecular weight excluding hydrogens is 446 g/mol. The summed E-state index contributed by atoms with van der Waals surface area (Å²) < 4.78 is 4.87. The van der Waals surface area contributed by atoms with Crippen LogP contribution in [0.2, 0.25) is 0 Å². The van der Waals surface area contributed by atoms with Crippen molar-refractivity contribution in [3.63, 3.8) is 0 Å². The molecule has 3 N–H and O–H groups in total. The van der Waals surface area contributed by atoms with Gasteiger partial charge in [-0.3, -0.25) is 14.4 Å². The number of nitrogens with one attached hydrogen (secondary N) is 3. The van der Waals surface area contributed by atoms with Crippen molar-refractivity contribution >= 4 is 28.9 Å². The Morgan fingerprint density at radius 2 is 1.77 bits per heavy atom. The molecule has 2 amide bonds. The number of aromatic amines is 1. The van der Waals surface area contributed by atoms with Crippen LogP contribution in [0.5, 0.6) is 0 Å². The lowest BCUT2D eigenvalue weighted by molar-refractivity contribution is -0.146. The summed E-state index contributed by atoms with van der Waals surface area (Å²) in [5.41, 5.74) is 2.51. The molecule has 2 aromatic rings. The second-order valence-electron chi connectivity index (χ2n) is 10.4. The maximum absolute atomic E-state index is 13.4. The maximum atomic E-state index is 13.4. The summed E-state index contributed by atoms with van der Waals surface area (Å²) in [6.45, 7) is 0. The van der Waals surface area contributed by atoms with Gasteiger partial charge in [0.1, 0.15) is 11.6 Å². The van der Waals surface area contributed by atoms with Crippen LogP contribution in [0.15, 0.2) is 12.4 Å². The predicted molar refractivity (Wildman–Crippen MR) is 130 cm³/mol. The van der Waals surface area contributed by atoms with E-state index in [1.165, 1.54) is 7.11 Å². The first-order chi connectivity index (χ1) is 17.0. The standard InChI is InChI=1S/C26H35N5O4/c1-35-26(34)17-9-11-18(12-10-17)29-25(33)21(16-5-3-2-4-6-16)31-24(32)19-13-27-23-22(19)30-20(14-28-23)15-7-8-15/h13-18,21H,2-12H2,1H3,(H,27,28)(H,29,33)(H,31,32)/t17?,18?,21-/m1/s1. The van der Waals surface area contributed by atoms with E-state index in [-0.39, 0.29) is 35.7 Å². The van der Waals surface area contributed by atoms with Crippen LogP contribution >= 0.6 is 0 Å². The molecule has 2 aromatic heterocycles. The molecule has 35 heavy (non-hydrogen) atoms. The number of nitrogens with zero attached hydrogens (tertiary/aromatic N) is 2. The summed E-state index contributed by atoms with van der Waals surface area (Å²) in [5, 5.41) is 6.23. The molecule has 0 saturated heterocycles. The van der Waals surface area contributed by atoms with Crippen molar-refractivity contribution < 1.29 is 19.1 Å². The number of esters is 1. The van der Waals surface area contributed by atoms with Gasteiger partial charge in [0, 0.05) is 18.2 Å². The van der Waals surface area contributed by atoms with Gasteiger partial charge < -0.3 is 20.4 Å². The van der Waals surface area contributed by atoms with Gasteiger partial charge in [0.15, 0.2) is 5.65 Å². The lowest BCUT2D eigenvalue weighted by Crippen LogP contribution is -2.54. The lowest BCUT2D eigenvalue weighted by atomic mass is 9.82. The van der Waals surface area contributed by atoms with Gasteiger partial charge in [-0.1, -0.05) is 19.3 Å². The average molecular weight is 482 g/mol. The minimum Gasteiger partial charge on any atom is -0.469 e. The van der Waals surface area contributed by atoms with Crippen molar-refractivity contribution in [3.05, 3.63) is 23.7 Å². The van der Waals surface area contributed by atoms with Crippen LogP contribution in [0.4, 0.5) is 0 Å². The SMILES string of the molecule is COC(=O)C1CCC(NC(=O)[C@H](NC(=O)c2c[nH]c3ncc(C4CC4)nc23)C2CCCCC2)CC1. The monoisotopic (exact) mass is 481 g/mol. The number of rotatable bonds is 7. The first-order valence-corrected chi connectivity index (χ1v) is 13.1. The molecule has 5 rings (SSSR count). The Morgan fingerprint density at radius 1 is 1.03 bits per heavy atom. The number of hydrogen-bond acceptors (Lipinski definition) is 6. The van der Waals surface area contributed by atoms with E-state index in [2.05, 4.69) is 20.6 Å². The van der Waals surface area contributed by atoms with E-state index in [9.17, 15) is 14.4 Å². The van der Waals surface area contributed by atoms with E-state index in [0.29, 0.717) is 35.5 Å². The summed E-state index contributed by atoms with van der Waals surface area (Å²) in [7, 11) is 1.42. The van der Waals surface area contributed by atoms with E-state index >= 15 is 0 Å². The molecule has 0 radical (unpaired) electrons. The van der Waals surface area contributed by atoms with Gasteiger partial charge in [0.25, 0.3) is 5.91 Å². The van der Waals surface area contributed by atoms with Crippen molar-refractivity contribution in [3.8, 4) is 0 Å². The van der Waals surface area contributed by atoms with E-state index in [4.69, 9.17) is 9.72 Å². The number of ether oxygens (including phenoxy) is 1. The number of amides is 2. The average Bonchev–Trinajstić information content (AvgIpc) is 3.66. The third kappa shape index (κ3) is 5.33. The van der Waals surface area contributed by atoms with Gasteiger partial charge in [-0.05, 0) is 57.3 Å². The van der Waals surface area contributed by atoms with Crippen LogP contribution in [-0.2, 0) is 14.3 Å². The molecule has 0 bridgehead atoms. The summed E-state index contributed by atoms with van der Waals surface area (Å²) >= 11 is 0. The van der Waals surface area contributed by atoms with E-state index in [0.717, 1.165) is 63.5 Å². The topological polar surface area (TPSA) is 126 Å². The van der Waals surface area contributed by atoms with Crippen LogP contribution in [0, 0.1) is 11.8 Å². The fraction of sp³-hybridized carbons (Fsp3) is 0.654. The zero-order valence-electron chi connectivity index (χ0n) is 20.3. The maximum Gasteiger partial charge on any atom is 0.308 e. The number of hydrogen-bond donors (Lipinski definition) is 3. The molecule has 0 aromatic carbocycles. The quantitative estimate of drug-likeness (QED) is 0.521. The Kier molecular flexibility index (Phi) is 7.02. The normalized spacial score (nSPS) is 24.0. The van der Waals surface area contributed by atoms with Crippen molar-refractivity contribution in [1.82, 2.24) is 25.6 Å². The summed E-state index contributed by atoms with van der Waals surface area (Å²) in [6.07, 6.45) is 13.7. The summed E-state index contributed by atoms with van der Waals surface area (Å²) in [6, 6.07) is -0.586. The largest absolute Gasteiger partial charge is 0.469 e. The highest BCUT2D eigenvalue weighted by molar-refractivity contribution is 6.06. The summed E-state index contributed by atoms with van der Waals surface area (Å²) in [5.74, 6) is -0.139. The Morgan fingerprint density at radius 3 is 2.46 bits per heavy atom. The number of H-pyrrole nitrogens is 1. The van der Waals surface area contributed by atoms with E-state index in [1.54, 1.807) is 12.4 Å². The number of aromatic nitrogens is 3. The zero-order chi connectivity index (χ0) is 24.4. The Bertz CT molecular complexity index is 1080. The van der Waals surface area contributed by atoms with Gasteiger partial charge in [0.2, 0.25) is 5.91 Å². The van der Waals surface area contributed by atoms with Gasteiger partial charge in [-0.2, -0.15) is 0 Å². The molecule has 3 aliphatic carbocycles. The molecule has 0 spiro atoms. The van der Waals surface area contributed by atoms with Crippen LogP contribution in [0.25, 0.3) is 11.2 Å². The number of methoxy groups -OCH3 is 1. The molecule has 3 saturated carbocycles. The molecule has 0 unspecified atom stereocenters. The van der Waals surface area contributed by atoms with Crippen molar-refractivity contribution in [2.45, 2.75) is 88.6 Å². The molecule has 9 heteroatoms. The molecule has 3 aliphatic rings. The highest BCUT2D eigenvalue weighted by atomic mass is 16.5. The first-order valence-electron chi connectivity index (χ1n) is 13.1.